The predicted molar refractivity (Wildman–Crippen MR) is 129 cm³/mol. The number of thioether (sulfide) groups is 1. The van der Waals surface area contributed by atoms with E-state index in [1.165, 1.54) is 11.8 Å². The second-order valence-electron chi connectivity index (χ2n) is 8.27. The molecule has 1 atom stereocenters. The van der Waals surface area contributed by atoms with Crippen LogP contribution in [-0.4, -0.2) is 52.0 Å². The van der Waals surface area contributed by atoms with Crippen molar-refractivity contribution in [3.05, 3.63) is 45.1 Å². The Balaban J connectivity index is 1.60. The molecule has 31 heavy (non-hydrogen) atoms. The summed E-state index contributed by atoms with van der Waals surface area (Å²) in [6.45, 7) is 3.05. The van der Waals surface area contributed by atoms with Gasteiger partial charge < -0.3 is 14.2 Å². The Labute approximate surface area is 190 Å². The number of hydrogen-bond acceptors (Lipinski definition) is 6. The minimum Gasteiger partial charge on any atom is -0.376 e. The van der Waals surface area contributed by atoms with Crippen LogP contribution in [-0.2, 0) is 16.6 Å². The van der Waals surface area contributed by atoms with E-state index in [-0.39, 0.29) is 17.6 Å². The molecule has 3 aliphatic heterocycles. The molecule has 0 aliphatic carbocycles. The largest absolute Gasteiger partial charge is 0.376 e. The van der Waals surface area contributed by atoms with Gasteiger partial charge >= 0.3 is 0 Å². The maximum absolute atomic E-state index is 13.4. The average molecular weight is 456 g/mol. The first-order valence-electron chi connectivity index (χ1n) is 10.8. The number of rotatable bonds is 4. The Kier molecular flexibility index (Phi) is 5.62. The van der Waals surface area contributed by atoms with Crippen molar-refractivity contribution in [2.45, 2.75) is 31.8 Å². The van der Waals surface area contributed by atoms with Gasteiger partial charge in [0.05, 0.1) is 34.3 Å². The highest BCUT2D eigenvalue weighted by atomic mass is 32.2. The molecular weight excluding hydrogens is 430 g/mol. The monoisotopic (exact) mass is 455 g/mol. The summed E-state index contributed by atoms with van der Waals surface area (Å²) in [4.78, 5) is 31.0. The molecule has 0 saturated carbocycles. The first-order valence-corrected chi connectivity index (χ1v) is 12.0. The Bertz CT molecular complexity index is 1140. The number of pyridine rings is 1. The van der Waals surface area contributed by atoms with Gasteiger partial charge in [0.1, 0.15) is 4.32 Å². The van der Waals surface area contributed by atoms with Crippen LogP contribution in [0.3, 0.4) is 0 Å². The number of fused-ring (bicyclic) bond motifs is 1. The Hall–Kier alpha value is -2.16. The number of aryl methyl sites for hydroxylation is 1. The number of anilines is 1. The van der Waals surface area contributed by atoms with E-state index < -0.39 is 0 Å². The molecule has 162 valence electrons. The van der Waals surface area contributed by atoms with E-state index in [0.29, 0.717) is 21.3 Å². The van der Waals surface area contributed by atoms with Crippen molar-refractivity contribution >= 4 is 56.9 Å². The minimum absolute atomic E-state index is 0.0375. The highest BCUT2D eigenvalue weighted by Gasteiger charge is 2.35. The van der Waals surface area contributed by atoms with Crippen LogP contribution in [0.5, 0.6) is 0 Å². The molecule has 4 heterocycles. The Morgan fingerprint density at radius 2 is 1.97 bits per heavy atom. The highest BCUT2D eigenvalue weighted by Crippen LogP contribution is 2.37. The van der Waals surface area contributed by atoms with Gasteiger partial charge in [-0.3, -0.25) is 14.5 Å². The smallest absolute Gasteiger partial charge is 0.266 e. The van der Waals surface area contributed by atoms with Crippen molar-refractivity contribution in [2.75, 3.05) is 31.1 Å². The summed E-state index contributed by atoms with van der Waals surface area (Å²) in [6, 6.07) is 7.98. The van der Waals surface area contributed by atoms with Gasteiger partial charge in [-0.2, -0.15) is 0 Å². The number of para-hydroxylation sites is 1. The number of aromatic nitrogens is 1. The van der Waals surface area contributed by atoms with Crippen LogP contribution in [0.15, 0.2) is 34.0 Å². The first-order chi connectivity index (χ1) is 15.0. The molecule has 0 N–H and O–H groups in total. The van der Waals surface area contributed by atoms with Gasteiger partial charge in [-0.1, -0.05) is 42.2 Å². The SMILES string of the molecule is Cn1c(=O)c(C=C2SC(=S)N(CC3CCCO3)C2=O)c(N2CCCC2)c2ccccc21. The van der Waals surface area contributed by atoms with Gasteiger partial charge in [0.25, 0.3) is 11.5 Å². The molecule has 6 nitrogen and oxygen atoms in total. The van der Waals surface area contributed by atoms with Crippen LogP contribution in [0.1, 0.15) is 31.2 Å². The molecule has 1 unspecified atom stereocenters. The zero-order chi connectivity index (χ0) is 21.5. The van der Waals surface area contributed by atoms with Crippen LogP contribution in [0.2, 0.25) is 0 Å². The summed E-state index contributed by atoms with van der Waals surface area (Å²) in [5.74, 6) is -0.131. The first kappa shape index (κ1) is 20.7. The van der Waals surface area contributed by atoms with E-state index in [1.54, 1.807) is 22.6 Å². The van der Waals surface area contributed by atoms with Crippen molar-refractivity contribution in [3.63, 3.8) is 0 Å². The number of carbonyl (C=O) groups is 1. The molecule has 1 amide bonds. The van der Waals surface area contributed by atoms with E-state index in [1.807, 2.05) is 18.2 Å². The second kappa shape index (κ2) is 8.41. The summed E-state index contributed by atoms with van der Waals surface area (Å²) < 4.78 is 7.90. The maximum atomic E-state index is 13.4. The summed E-state index contributed by atoms with van der Waals surface area (Å²) in [7, 11) is 1.79. The van der Waals surface area contributed by atoms with Crippen molar-refractivity contribution in [2.24, 2.45) is 7.05 Å². The highest BCUT2D eigenvalue weighted by molar-refractivity contribution is 8.26. The standard InChI is InChI=1S/C23H25N3O3S2/c1-24-18-9-3-2-8-16(18)20(25-10-4-5-11-25)17(21(24)27)13-19-22(28)26(23(30)31-19)14-15-7-6-12-29-15/h2-3,8-9,13,15H,4-7,10-12,14H2,1H3. The van der Waals surface area contributed by atoms with Gasteiger partial charge in [-0.05, 0) is 37.8 Å². The van der Waals surface area contributed by atoms with Gasteiger partial charge in [-0.25, -0.2) is 0 Å². The fourth-order valence-corrected chi connectivity index (χ4v) is 5.95. The zero-order valence-electron chi connectivity index (χ0n) is 17.5. The number of carbonyl (C=O) groups excluding carboxylic acids is 1. The van der Waals surface area contributed by atoms with Crippen LogP contribution in [0, 0.1) is 0 Å². The van der Waals surface area contributed by atoms with Crippen molar-refractivity contribution < 1.29 is 9.53 Å². The molecule has 3 aliphatic rings. The molecule has 0 bridgehead atoms. The lowest BCUT2D eigenvalue weighted by molar-refractivity contribution is -0.123. The van der Waals surface area contributed by atoms with Crippen molar-refractivity contribution in [3.8, 4) is 0 Å². The third kappa shape index (κ3) is 3.70. The Morgan fingerprint density at radius 1 is 1.19 bits per heavy atom. The molecule has 1 aromatic carbocycles. The lowest BCUT2D eigenvalue weighted by atomic mass is 10.1. The van der Waals surface area contributed by atoms with Crippen LogP contribution >= 0.6 is 24.0 Å². The number of hydrogen-bond donors (Lipinski definition) is 0. The third-order valence-electron chi connectivity index (χ3n) is 6.29. The Morgan fingerprint density at radius 3 is 2.71 bits per heavy atom. The van der Waals surface area contributed by atoms with E-state index in [4.69, 9.17) is 17.0 Å². The van der Waals surface area contributed by atoms with Gasteiger partial charge in [0.2, 0.25) is 0 Å². The van der Waals surface area contributed by atoms with Gasteiger partial charge in [0, 0.05) is 32.1 Å². The quantitative estimate of drug-likeness (QED) is 0.519. The summed E-state index contributed by atoms with van der Waals surface area (Å²) in [5, 5.41) is 1.03. The van der Waals surface area contributed by atoms with Gasteiger partial charge in [-0.15, -0.1) is 0 Å². The molecule has 5 rings (SSSR count). The number of amides is 1. The molecule has 0 spiro atoms. The lowest BCUT2D eigenvalue weighted by Crippen LogP contribution is -2.35. The predicted octanol–water partition coefficient (Wildman–Crippen LogP) is 3.52. The minimum atomic E-state index is -0.131. The fraction of sp³-hybridized carbons (Fsp3) is 0.435. The molecule has 3 fully saturated rings. The summed E-state index contributed by atoms with van der Waals surface area (Å²) in [5.41, 5.74) is 2.31. The van der Waals surface area contributed by atoms with Crippen LogP contribution < -0.4 is 10.5 Å². The molecule has 3 saturated heterocycles. The fourth-order valence-electron chi connectivity index (χ4n) is 4.69. The molecule has 1 aromatic heterocycles. The number of thiocarbonyl (C=S) groups is 1. The molecule has 0 radical (unpaired) electrons. The second-order valence-corrected chi connectivity index (χ2v) is 9.94. The number of ether oxygens (including phenoxy) is 1. The van der Waals surface area contributed by atoms with Crippen LogP contribution in [0.4, 0.5) is 5.69 Å². The molecule has 2 aromatic rings. The van der Waals surface area contributed by atoms with E-state index in [0.717, 1.165) is 62.0 Å². The summed E-state index contributed by atoms with van der Waals surface area (Å²) >= 11 is 6.78. The van der Waals surface area contributed by atoms with E-state index in [2.05, 4.69) is 11.0 Å². The van der Waals surface area contributed by atoms with E-state index in [9.17, 15) is 9.59 Å². The average Bonchev–Trinajstić information content (AvgIpc) is 3.52. The molecule has 8 heteroatoms. The maximum Gasteiger partial charge on any atom is 0.266 e. The molecular formula is C23H25N3O3S2. The number of benzene rings is 1. The lowest BCUT2D eigenvalue weighted by Gasteiger charge is -2.23. The van der Waals surface area contributed by atoms with Crippen molar-refractivity contribution in [1.82, 2.24) is 9.47 Å². The summed E-state index contributed by atoms with van der Waals surface area (Å²) in [6.07, 6.45) is 5.97. The van der Waals surface area contributed by atoms with Crippen LogP contribution in [0.25, 0.3) is 17.0 Å². The zero-order valence-corrected chi connectivity index (χ0v) is 19.1. The third-order valence-corrected chi connectivity index (χ3v) is 7.67. The van der Waals surface area contributed by atoms with Gasteiger partial charge in [0.15, 0.2) is 0 Å². The van der Waals surface area contributed by atoms with E-state index >= 15 is 0 Å². The van der Waals surface area contributed by atoms with Crippen molar-refractivity contribution in [1.29, 1.82) is 0 Å². The topological polar surface area (TPSA) is 54.8 Å². The number of nitrogens with zero attached hydrogens (tertiary/aromatic N) is 3. The normalized spacial score (nSPS) is 23.1.